The lowest BCUT2D eigenvalue weighted by Crippen LogP contribution is -2.25. The molecular weight excluding hydrogens is 322 g/mol. The molecule has 0 heterocycles. The van der Waals surface area contributed by atoms with Crippen LogP contribution in [0.1, 0.15) is 45.2 Å². The largest absolute Gasteiger partial charge is 0.310 e. The second-order valence-electron chi connectivity index (χ2n) is 6.91. The Morgan fingerprint density at radius 2 is 1.86 bits per heavy atom. The highest BCUT2D eigenvalue weighted by atomic mass is 79.9. The van der Waals surface area contributed by atoms with Crippen molar-refractivity contribution in [1.82, 2.24) is 5.32 Å². The van der Waals surface area contributed by atoms with Crippen molar-refractivity contribution in [2.24, 2.45) is 11.3 Å². The van der Waals surface area contributed by atoms with Crippen LogP contribution in [0.25, 0.3) is 10.8 Å². The molecule has 1 N–H and O–H groups in total. The van der Waals surface area contributed by atoms with Gasteiger partial charge < -0.3 is 5.32 Å². The predicted molar refractivity (Wildman–Crippen MR) is 94.6 cm³/mol. The first kappa shape index (κ1) is 15.1. The van der Waals surface area contributed by atoms with Gasteiger partial charge in [-0.2, -0.15) is 0 Å². The molecule has 0 aliphatic heterocycles. The Labute approximate surface area is 136 Å². The topological polar surface area (TPSA) is 12.0 Å². The molecule has 1 fully saturated rings. The Kier molecular flexibility index (Phi) is 4.11. The molecule has 2 atom stereocenters. The zero-order chi connectivity index (χ0) is 15.0. The van der Waals surface area contributed by atoms with Gasteiger partial charge in [0.25, 0.3) is 0 Å². The van der Waals surface area contributed by atoms with Gasteiger partial charge in [-0.1, -0.05) is 67.0 Å². The lowest BCUT2D eigenvalue weighted by molar-refractivity contribution is 0.418. The summed E-state index contributed by atoms with van der Waals surface area (Å²) in [5, 5.41) is 6.49. The molecule has 0 bridgehead atoms. The molecule has 3 rings (SSSR count). The summed E-state index contributed by atoms with van der Waals surface area (Å²) in [6, 6.07) is 13.7. The van der Waals surface area contributed by atoms with Crippen LogP contribution in [0.15, 0.2) is 40.9 Å². The van der Waals surface area contributed by atoms with E-state index in [1.807, 2.05) is 0 Å². The zero-order valence-corrected chi connectivity index (χ0v) is 14.7. The molecular formula is C19H24BrN. The Hall–Kier alpha value is -0.860. The summed E-state index contributed by atoms with van der Waals surface area (Å²) in [7, 11) is 0. The van der Waals surface area contributed by atoms with Crippen LogP contribution in [0, 0.1) is 11.3 Å². The van der Waals surface area contributed by atoms with Gasteiger partial charge in [-0.15, -0.1) is 0 Å². The molecule has 21 heavy (non-hydrogen) atoms. The number of rotatable bonds is 5. The summed E-state index contributed by atoms with van der Waals surface area (Å²) in [5.74, 6) is 0.744. The van der Waals surface area contributed by atoms with Gasteiger partial charge in [0, 0.05) is 10.5 Å². The summed E-state index contributed by atoms with van der Waals surface area (Å²) < 4.78 is 1.19. The van der Waals surface area contributed by atoms with E-state index in [0.29, 0.717) is 11.5 Å². The van der Waals surface area contributed by atoms with Gasteiger partial charge in [-0.05, 0) is 53.1 Å². The van der Waals surface area contributed by atoms with Crippen LogP contribution in [0.3, 0.4) is 0 Å². The highest BCUT2D eigenvalue weighted by molar-refractivity contribution is 9.10. The van der Waals surface area contributed by atoms with Crippen molar-refractivity contribution in [3.8, 4) is 0 Å². The summed E-state index contributed by atoms with van der Waals surface area (Å²) in [5.41, 5.74) is 1.93. The molecule has 2 aromatic carbocycles. The monoisotopic (exact) mass is 345 g/mol. The van der Waals surface area contributed by atoms with E-state index in [1.165, 1.54) is 33.7 Å². The molecule has 2 heteroatoms. The molecule has 1 aliphatic carbocycles. The third-order valence-electron chi connectivity index (χ3n) is 4.85. The number of halogens is 1. The van der Waals surface area contributed by atoms with Gasteiger partial charge in [0.15, 0.2) is 0 Å². The van der Waals surface area contributed by atoms with E-state index in [-0.39, 0.29) is 0 Å². The summed E-state index contributed by atoms with van der Waals surface area (Å²) in [6.07, 6.45) is 2.50. The van der Waals surface area contributed by atoms with Crippen LogP contribution in [-0.4, -0.2) is 6.54 Å². The number of hydrogen-bond acceptors (Lipinski definition) is 1. The predicted octanol–water partition coefficient (Wildman–Crippen LogP) is 5.69. The molecule has 2 unspecified atom stereocenters. The van der Waals surface area contributed by atoms with Gasteiger partial charge in [0.1, 0.15) is 0 Å². The molecule has 0 aromatic heterocycles. The van der Waals surface area contributed by atoms with Crippen molar-refractivity contribution < 1.29 is 0 Å². The number of fused-ring (bicyclic) bond motifs is 1. The number of hydrogen-bond donors (Lipinski definition) is 1. The Bertz CT molecular complexity index is 647. The van der Waals surface area contributed by atoms with Gasteiger partial charge >= 0.3 is 0 Å². The average molecular weight is 346 g/mol. The van der Waals surface area contributed by atoms with Gasteiger partial charge in [-0.3, -0.25) is 0 Å². The van der Waals surface area contributed by atoms with E-state index >= 15 is 0 Å². The number of benzene rings is 2. The van der Waals surface area contributed by atoms with Crippen molar-refractivity contribution in [1.29, 1.82) is 0 Å². The molecule has 1 nitrogen and oxygen atoms in total. The fraction of sp³-hybridized carbons (Fsp3) is 0.474. The van der Waals surface area contributed by atoms with E-state index < -0.39 is 0 Å². The lowest BCUT2D eigenvalue weighted by atomic mass is 9.92. The van der Waals surface area contributed by atoms with Crippen molar-refractivity contribution in [2.45, 2.75) is 39.7 Å². The third-order valence-corrected chi connectivity index (χ3v) is 5.54. The molecule has 2 aromatic rings. The van der Waals surface area contributed by atoms with Crippen molar-refractivity contribution in [2.75, 3.05) is 6.54 Å². The Morgan fingerprint density at radius 3 is 2.48 bits per heavy atom. The summed E-state index contributed by atoms with van der Waals surface area (Å²) >= 11 is 3.69. The van der Waals surface area contributed by atoms with Gasteiger partial charge in [-0.25, -0.2) is 0 Å². The van der Waals surface area contributed by atoms with Crippen molar-refractivity contribution in [3.05, 3.63) is 46.4 Å². The van der Waals surface area contributed by atoms with E-state index in [0.717, 1.165) is 12.5 Å². The molecule has 112 valence electrons. The molecule has 0 spiro atoms. The smallest absolute Gasteiger partial charge is 0.0360 e. The molecule has 0 radical (unpaired) electrons. The van der Waals surface area contributed by atoms with E-state index in [1.54, 1.807) is 0 Å². The van der Waals surface area contributed by atoms with E-state index in [4.69, 9.17) is 0 Å². The molecule has 1 aliphatic rings. The lowest BCUT2D eigenvalue weighted by Gasteiger charge is -2.23. The second-order valence-corrected chi connectivity index (χ2v) is 7.77. The average Bonchev–Trinajstić information content (AvgIpc) is 3.10. The minimum absolute atomic E-state index is 0.470. The molecule has 0 amide bonds. The Morgan fingerprint density at radius 1 is 1.19 bits per heavy atom. The second kappa shape index (κ2) is 5.73. The van der Waals surface area contributed by atoms with Gasteiger partial charge in [0.05, 0.1) is 0 Å². The van der Waals surface area contributed by atoms with Crippen LogP contribution in [-0.2, 0) is 0 Å². The molecule has 1 saturated carbocycles. The summed E-state index contributed by atoms with van der Waals surface area (Å²) in [6.45, 7) is 8.10. The highest BCUT2D eigenvalue weighted by Crippen LogP contribution is 2.58. The maximum atomic E-state index is 3.80. The SMILES string of the molecule is CCCNC(c1ccc(Br)c2ccccc12)C1CC1(C)C. The van der Waals surface area contributed by atoms with Crippen LogP contribution in [0.4, 0.5) is 0 Å². The standard InChI is InChI=1S/C19H24BrN/c1-4-11-21-18(16-12-19(16,2)3)15-9-10-17(20)14-8-6-5-7-13(14)15/h5-10,16,18,21H,4,11-12H2,1-3H3. The summed E-state index contributed by atoms with van der Waals surface area (Å²) in [4.78, 5) is 0. The fourth-order valence-corrected chi connectivity index (χ4v) is 3.88. The third kappa shape index (κ3) is 2.89. The first-order chi connectivity index (χ1) is 10.0. The first-order valence-corrected chi connectivity index (χ1v) is 8.74. The fourth-order valence-electron chi connectivity index (χ4n) is 3.40. The maximum absolute atomic E-state index is 3.80. The quantitative estimate of drug-likeness (QED) is 0.733. The minimum Gasteiger partial charge on any atom is -0.310 e. The molecule has 0 saturated heterocycles. The van der Waals surface area contributed by atoms with Crippen molar-refractivity contribution in [3.63, 3.8) is 0 Å². The maximum Gasteiger partial charge on any atom is 0.0360 e. The van der Waals surface area contributed by atoms with E-state index in [2.05, 4.69) is 78.4 Å². The van der Waals surface area contributed by atoms with E-state index in [9.17, 15) is 0 Å². The van der Waals surface area contributed by atoms with Crippen LogP contribution in [0.2, 0.25) is 0 Å². The van der Waals surface area contributed by atoms with Crippen molar-refractivity contribution >= 4 is 26.7 Å². The first-order valence-electron chi connectivity index (χ1n) is 7.95. The highest BCUT2D eigenvalue weighted by Gasteiger charge is 2.50. The van der Waals surface area contributed by atoms with Crippen LogP contribution >= 0.6 is 15.9 Å². The Balaban J connectivity index is 2.05. The zero-order valence-electron chi connectivity index (χ0n) is 13.1. The minimum atomic E-state index is 0.470. The van der Waals surface area contributed by atoms with Crippen LogP contribution < -0.4 is 5.32 Å². The normalized spacial score (nSPS) is 21.4. The van der Waals surface area contributed by atoms with Gasteiger partial charge in [0.2, 0.25) is 0 Å². The number of nitrogens with one attached hydrogen (secondary N) is 1. The van der Waals surface area contributed by atoms with Crippen LogP contribution in [0.5, 0.6) is 0 Å².